The third-order valence-electron chi connectivity index (χ3n) is 2.13. The normalized spacial score (nSPS) is 11.0. The van der Waals surface area contributed by atoms with Gasteiger partial charge in [0, 0.05) is 6.54 Å². The van der Waals surface area contributed by atoms with Crippen molar-refractivity contribution in [3.05, 3.63) is 28.2 Å². The first-order chi connectivity index (χ1) is 8.81. The first-order valence-electron chi connectivity index (χ1n) is 6.20. The van der Waals surface area contributed by atoms with Crippen molar-refractivity contribution in [3.63, 3.8) is 0 Å². The highest BCUT2D eigenvalue weighted by atomic mass is 79.9. The van der Waals surface area contributed by atoms with Crippen LogP contribution in [0.2, 0.25) is 0 Å². The lowest BCUT2D eigenvalue weighted by Crippen LogP contribution is -2.32. The van der Waals surface area contributed by atoms with Gasteiger partial charge in [-0.3, -0.25) is 0 Å². The lowest BCUT2D eigenvalue weighted by molar-refractivity contribution is 0.0523. The third kappa shape index (κ3) is 5.96. The van der Waals surface area contributed by atoms with Crippen LogP contribution < -0.4 is 10.1 Å². The first-order valence-corrected chi connectivity index (χ1v) is 6.99. The molecule has 0 saturated carbocycles. The molecule has 1 N–H and O–H groups in total. The van der Waals surface area contributed by atoms with E-state index in [1.807, 2.05) is 45.9 Å². The van der Waals surface area contributed by atoms with Crippen LogP contribution in [0.3, 0.4) is 0 Å². The molecule has 0 heterocycles. The summed E-state index contributed by atoms with van der Waals surface area (Å²) in [6.07, 6.45) is -0.419. The van der Waals surface area contributed by atoms with Crippen molar-refractivity contribution in [3.8, 4) is 5.75 Å². The summed E-state index contributed by atoms with van der Waals surface area (Å²) in [5, 5.41) is 2.71. The Bertz CT molecular complexity index is 441. The Labute approximate surface area is 122 Å². The Morgan fingerprint density at radius 2 is 2.05 bits per heavy atom. The van der Waals surface area contributed by atoms with E-state index < -0.39 is 11.7 Å². The van der Waals surface area contributed by atoms with Crippen molar-refractivity contribution in [1.82, 2.24) is 5.32 Å². The van der Waals surface area contributed by atoms with Crippen LogP contribution in [-0.4, -0.2) is 18.3 Å². The minimum atomic E-state index is -0.483. The van der Waals surface area contributed by atoms with Crippen molar-refractivity contribution >= 4 is 22.0 Å². The maximum atomic E-state index is 11.5. The quantitative estimate of drug-likeness (QED) is 0.912. The summed E-state index contributed by atoms with van der Waals surface area (Å²) in [4.78, 5) is 11.5. The van der Waals surface area contributed by atoms with Crippen molar-refractivity contribution in [1.29, 1.82) is 0 Å². The number of amides is 1. The van der Waals surface area contributed by atoms with Crippen LogP contribution in [0.25, 0.3) is 0 Å². The number of alkyl carbamates (subject to hydrolysis) is 1. The average molecular weight is 330 g/mol. The van der Waals surface area contributed by atoms with Crippen LogP contribution in [0.4, 0.5) is 4.79 Å². The molecule has 1 aromatic carbocycles. The zero-order valence-corrected chi connectivity index (χ0v) is 13.3. The molecule has 0 aromatic heterocycles. The first kappa shape index (κ1) is 15.8. The molecule has 5 heteroatoms. The van der Waals surface area contributed by atoms with E-state index in [1.165, 1.54) is 0 Å². The topological polar surface area (TPSA) is 47.6 Å². The fraction of sp³-hybridized carbons (Fsp3) is 0.500. The van der Waals surface area contributed by atoms with E-state index in [-0.39, 0.29) is 0 Å². The monoisotopic (exact) mass is 329 g/mol. The molecule has 19 heavy (non-hydrogen) atoms. The molecular weight excluding hydrogens is 310 g/mol. The number of rotatable bonds is 4. The Hall–Kier alpha value is -1.23. The van der Waals surface area contributed by atoms with Gasteiger partial charge in [0.15, 0.2) is 0 Å². The van der Waals surface area contributed by atoms with Crippen molar-refractivity contribution in [2.45, 2.75) is 39.8 Å². The Morgan fingerprint density at radius 1 is 1.37 bits per heavy atom. The molecule has 0 aliphatic rings. The number of hydrogen-bond donors (Lipinski definition) is 1. The predicted octanol–water partition coefficient (Wildman–Crippen LogP) is 3.87. The van der Waals surface area contributed by atoms with Gasteiger partial charge in [-0.2, -0.15) is 0 Å². The summed E-state index contributed by atoms with van der Waals surface area (Å²) in [6.45, 7) is 8.47. The van der Waals surface area contributed by atoms with Crippen LogP contribution in [-0.2, 0) is 11.3 Å². The van der Waals surface area contributed by atoms with E-state index in [2.05, 4.69) is 21.2 Å². The standard InChI is InChI=1S/C14H20BrNO3/c1-5-18-12-7-6-10(8-11(12)15)9-16-13(17)19-14(2,3)4/h6-8H,5,9H2,1-4H3,(H,16,17). The molecule has 0 fully saturated rings. The maximum absolute atomic E-state index is 11.5. The Balaban J connectivity index is 2.54. The minimum Gasteiger partial charge on any atom is -0.493 e. The molecule has 0 radical (unpaired) electrons. The van der Waals surface area contributed by atoms with Gasteiger partial charge >= 0.3 is 6.09 Å². The van der Waals surface area contributed by atoms with E-state index >= 15 is 0 Å². The highest BCUT2D eigenvalue weighted by Gasteiger charge is 2.15. The Kier molecular flexibility index (Phi) is 5.66. The molecule has 4 nitrogen and oxygen atoms in total. The van der Waals surface area contributed by atoms with E-state index in [0.717, 1.165) is 15.8 Å². The van der Waals surface area contributed by atoms with Gasteiger partial charge < -0.3 is 14.8 Å². The van der Waals surface area contributed by atoms with Gasteiger partial charge in [0.25, 0.3) is 0 Å². The van der Waals surface area contributed by atoms with Gasteiger partial charge in [-0.15, -0.1) is 0 Å². The third-order valence-corrected chi connectivity index (χ3v) is 2.75. The number of nitrogens with one attached hydrogen (secondary N) is 1. The summed E-state index contributed by atoms with van der Waals surface area (Å²) in [7, 11) is 0. The molecule has 0 atom stereocenters. The highest BCUT2D eigenvalue weighted by Crippen LogP contribution is 2.25. The van der Waals surface area contributed by atoms with Crippen LogP contribution in [0.5, 0.6) is 5.75 Å². The summed E-state index contributed by atoms with van der Waals surface area (Å²) in [6, 6.07) is 5.70. The number of ether oxygens (including phenoxy) is 2. The summed E-state index contributed by atoms with van der Waals surface area (Å²) >= 11 is 3.44. The van der Waals surface area contributed by atoms with Crippen LogP contribution in [0, 0.1) is 0 Å². The highest BCUT2D eigenvalue weighted by molar-refractivity contribution is 9.10. The molecule has 1 aromatic rings. The lowest BCUT2D eigenvalue weighted by atomic mass is 10.2. The second-order valence-electron chi connectivity index (χ2n) is 5.05. The molecular formula is C14H20BrNO3. The summed E-state index contributed by atoms with van der Waals surface area (Å²) in [5.74, 6) is 0.795. The van der Waals surface area contributed by atoms with Gasteiger partial charge in [0.1, 0.15) is 11.4 Å². The van der Waals surface area contributed by atoms with Gasteiger partial charge in [0.05, 0.1) is 11.1 Å². The second-order valence-corrected chi connectivity index (χ2v) is 5.91. The van der Waals surface area contributed by atoms with Crippen molar-refractivity contribution in [2.75, 3.05) is 6.61 Å². The molecule has 0 aliphatic heterocycles. The number of carbonyl (C=O) groups excluding carboxylic acids is 1. The Morgan fingerprint density at radius 3 is 2.58 bits per heavy atom. The van der Waals surface area contributed by atoms with Crippen LogP contribution in [0.15, 0.2) is 22.7 Å². The van der Waals surface area contributed by atoms with Gasteiger partial charge in [-0.1, -0.05) is 6.07 Å². The van der Waals surface area contributed by atoms with E-state index in [9.17, 15) is 4.79 Å². The molecule has 1 amide bonds. The van der Waals surface area contributed by atoms with E-state index in [1.54, 1.807) is 0 Å². The molecule has 106 valence electrons. The van der Waals surface area contributed by atoms with E-state index in [4.69, 9.17) is 9.47 Å². The zero-order chi connectivity index (χ0) is 14.5. The summed E-state index contributed by atoms with van der Waals surface area (Å²) < 4.78 is 11.5. The van der Waals surface area contributed by atoms with Gasteiger partial charge in [-0.05, 0) is 61.3 Å². The largest absolute Gasteiger partial charge is 0.493 e. The lowest BCUT2D eigenvalue weighted by Gasteiger charge is -2.19. The molecule has 0 aliphatic carbocycles. The number of halogens is 1. The number of benzene rings is 1. The molecule has 1 rings (SSSR count). The number of hydrogen-bond acceptors (Lipinski definition) is 3. The minimum absolute atomic E-state index is 0.417. The summed E-state index contributed by atoms with van der Waals surface area (Å²) in [5.41, 5.74) is 0.491. The van der Waals surface area contributed by atoms with Crippen molar-refractivity contribution < 1.29 is 14.3 Å². The maximum Gasteiger partial charge on any atom is 0.407 e. The fourth-order valence-electron chi connectivity index (χ4n) is 1.42. The predicted molar refractivity (Wildman–Crippen MR) is 78.4 cm³/mol. The van der Waals surface area contributed by atoms with Crippen LogP contribution in [0.1, 0.15) is 33.3 Å². The van der Waals surface area contributed by atoms with Crippen LogP contribution >= 0.6 is 15.9 Å². The molecule has 0 bridgehead atoms. The van der Waals surface area contributed by atoms with Gasteiger partial charge in [-0.25, -0.2) is 4.79 Å². The molecule has 0 unspecified atom stereocenters. The fourth-order valence-corrected chi connectivity index (χ4v) is 1.96. The SMILES string of the molecule is CCOc1ccc(CNC(=O)OC(C)(C)C)cc1Br. The van der Waals surface area contributed by atoms with Gasteiger partial charge in [0.2, 0.25) is 0 Å². The molecule has 0 saturated heterocycles. The average Bonchev–Trinajstić information content (AvgIpc) is 2.27. The van der Waals surface area contributed by atoms with E-state index in [0.29, 0.717) is 13.2 Å². The molecule has 0 spiro atoms. The van der Waals surface area contributed by atoms with Crippen molar-refractivity contribution in [2.24, 2.45) is 0 Å². The number of carbonyl (C=O) groups is 1. The zero-order valence-electron chi connectivity index (χ0n) is 11.7. The second kappa shape index (κ2) is 6.80. The smallest absolute Gasteiger partial charge is 0.407 e.